The molecule has 0 bridgehead atoms. The van der Waals surface area contributed by atoms with Gasteiger partial charge < -0.3 is 19.5 Å². The van der Waals surface area contributed by atoms with Crippen molar-refractivity contribution in [2.75, 3.05) is 19.6 Å². The summed E-state index contributed by atoms with van der Waals surface area (Å²) < 4.78 is 7.79. The van der Waals surface area contributed by atoms with Crippen LogP contribution in [0.3, 0.4) is 0 Å². The van der Waals surface area contributed by atoms with Crippen molar-refractivity contribution >= 4 is 5.91 Å². The van der Waals surface area contributed by atoms with Crippen LogP contribution in [0.25, 0.3) is 0 Å². The fourth-order valence-corrected chi connectivity index (χ4v) is 3.28. The molecule has 138 valence electrons. The Bertz CT molecular complexity index is 925. The first-order chi connectivity index (χ1) is 13.2. The van der Waals surface area contributed by atoms with Gasteiger partial charge in [0.2, 0.25) is 0 Å². The Balaban J connectivity index is 1.58. The maximum Gasteiger partial charge on any atom is 0.254 e. The summed E-state index contributed by atoms with van der Waals surface area (Å²) in [5.74, 6) is 2.16. The lowest BCUT2D eigenvalue weighted by atomic mass is 10.1. The third-order valence-corrected chi connectivity index (χ3v) is 4.63. The van der Waals surface area contributed by atoms with Crippen LogP contribution in [0.5, 0.6) is 11.5 Å². The molecule has 7 nitrogen and oxygen atoms in total. The maximum absolute atomic E-state index is 13.2. The van der Waals surface area contributed by atoms with Gasteiger partial charge in [0, 0.05) is 57.0 Å². The molecule has 27 heavy (non-hydrogen) atoms. The van der Waals surface area contributed by atoms with Crippen LogP contribution in [-0.2, 0) is 7.05 Å². The van der Waals surface area contributed by atoms with Gasteiger partial charge in [-0.1, -0.05) is 6.07 Å². The molecule has 3 aromatic rings. The number of amides is 1. The van der Waals surface area contributed by atoms with E-state index in [1.54, 1.807) is 36.8 Å². The van der Waals surface area contributed by atoms with Crippen molar-refractivity contribution in [1.29, 1.82) is 0 Å². The van der Waals surface area contributed by atoms with E-state index < -0.39 is 0 Å². The molecule has 1 saturated heterocycles. The average Bonchev–Trinajstić information content (AvgIpc) is 3.14. The third kappa shape index (κ3) is 3.68. The van der Waals surface area contributed by atoms with Gasteiger partial charge >= 0.3 is 0 Å². The van der Waals surface area contributed by atoms with Crippen LogP contribution in [-0.4, -0.2) is 45.0 Å². The molecule has 3 heterocycles. The summed E-state index contributed by atoms with van der Waals surface area (Å²) >= 11 is 0. The molecular weight excluding hydrogens is 342 g/mol. The molecule has 1 fully saturated rings. The first-order valence-corrected chi connectivity index (χ1v) is 8.89. The lowest BCUT2D eigenvalue weighted by Crippen LogP contribution is -2.49. The Hall–Kier alpha value is -3.19. The highest BCUT2D eigenvalue weighted by atomic mass is 16.5. The van der Waals surface area contributed by atoms with Crippen molar-refractivity contribution < 1.29 is 9.53 Å². The van der Waals surface area contributed by atoms with Gasteiger partial charge in [-0.3, -0.25) is 9.78 Å². The highest BCUT2D eigenvalue weighted by Crippen LogP contribution is 2.26. The SMILES string of the molecule is Cn1ccnc1C1CNCCN1C(=O)c1cccc(Oc2ccncc2)c1. The first-order valence-electron chi connectivity index (χ1n) is 8.89. The summed E-state index contributed by atoms with van der Waals surface area (Å²) in [5, 5.41) is 3.35. The van der Waals surface area contributed by atoms with E-state index in [1.807, 2.05) is 40.9 Å². The van der Waals surface area contributed by atoms with Gasteiger partial charge in [0.15, 0.2) is 0 Å². The second kappa shape index (κ2) is 7.59. The van der Waals surface area contributed by atoms with Crippen molar-refractivity contribution in [3.8, 4) is 11.5 Å². The second-order valence-electron chi connectivity index (χ2n) is 6.43. The monoisotopic (exact) mass is 363 g/mol. The molecule has 1 atom stereocenters. The lowest BCUT2D eigenvalue weighted by Gasteiger charge is -2.35. The summed E-state index contributed by atoms with van der Waals surface area (Å²) in [5.41, 5.74) is 0.600. The number of carbonyl (C=O) groups is 1. The van der Waals surface area contributed by atoms with E-state index in [9.17, 15) is 4.79 Å². The zero-order valence-corrected chi connectivity index (χ0v) is 15.1. The number of hydrogen-bond acceptors (Lipinski definition) is 5. The number of nitrogens with zero attached hydrogens (tertiary/aromatic N) is 4. The lowest BCUT2D eigenvalue weighted by molar-refractivity contribution is 0.0620. The van der Waals surface area contributed by atoms with E-state index >= 15 is 0 Å². The molecule has 0 spiro atoms. The van der Waals surface area contributed by atoms with E-state index in [0.29, 0.717) is 30.2 Å². The summed E-state index contributed by atoms with van der Waals surface area (Å²) in [6.07, 6.45) is 7.00. The number of ether oxygens (including phenoxy) is 1. The number of aryl methyl sites for hydroxylation is 1. The molecule has 1 aliphatic rings. The minimum atomic E-state index is -0.101. The Morgan fingerprint density at radius 3 is 2.81 bits per heavy atom. The van der Waals surface area contributed by atoms with Crippen molar-refractivity contribution in [2.45, 2.75) is 6.04 Å². The number of nitrogens with one attached hydrogen (secondary N) is 1. The molecule has 1 aliphatic heterocycles. The predicted molar refractivity (Wildman–Crippen MR) is 101 cm³/mol. The van der Waals surface area contributed by atoms with Crippen LogP contribution < -0.4 is 10.1 Å². The van der Waals surface area contributed by atoms with Gasteiger partial charge in [0.1, 0.15) is 23.4 Å². The number of imidazole rings is 1. The van der Waals surface area contributed by atoms with Crippen LogP contribution in [0.2, 0.25) is 0 Å². The summed E-state index contributed by atoms with van der Waals surface area (Å²) in [7, 11) is 1.95. The highest BCUT2D eigenvalue weighted by molar-refractivity contribution is 5.95. The smallest absolute Gasteiger partial charge is 0.254 e. The number of benzene rings is 1. The Kier molecular flexibility index (Phi) is 4.84. The van der Waals surface area contributed by atoms with Crippen molar-refractivity contribution in [3.05, 3.63) is 72.6 Å². The maximum atomic E-state index is 13.2. The molecule has 0 radical (unpaired) electrons. The average molecular weight is 363 g/mol. The van der Waals surface area contributed by atoms with Crippen LogP contribution in [0, 0.1) is 0 Å². The number of piperazine rings is 1. The number of carbonyl (C=O) groups excluding carboxylic acids is 1. The predicted octanol–water partition coefficient (Wildman–Crippen LogP) is 2.39. The van der Waals surface area contributed by atoms with Gasteiger partial charge in [0.25, 0.3) is 5.91 Å². The van der Waals surface area contributed by atoms with Crippen LogP contribution in [0.1, 0.15) is 22.2 Å². The molecule has 1 N–H and O–H groups in total. The minimum absolute atomic E-state index is 0.0234. The minimum Gasteiger partial charge on any atom is -0.457 e. The first kappa shape index (κ1) is 17.2. The Morgan fingerprint density at radius 1 is 1.19 bits per heavy atom. The van der Waals surface area contributed by atoms with E-state index in [-0.39, 0.29) is 11.9 Å². The summed E-state index contributed by atoms with van der Waals surface area (Å²) in [6.45, 7) is 2.08. The van der Waals surface area contributed by atoms with Crippen LogP contribution >= 0.6 is 0 Å². The van der Waals surface area contributed by atoms with Gasteiger partial charge in [-0.25, -0.2) is 4.98 Å². The molecule has 0 aliphatic carbocycles. The van der Waals surface area contributed by atoms with Gasteiger partial charge in [0.05, 0.1) is 0 Å². The standard InChI is InChI=1S/C20H21N5O2/c1-24-11-10-23-19(24)18-14-22-9-12-25(18)20(26)15-3-2-4-17(13-15)27-16-5-7-21-8-6-16/h2-8,10-11,13,18,22H,9,12,14H2,1H3. The van der Waals surface area contributed by atoms with Crippen molar-refractivity contribution in [2.24, 2.45) is 7.05 Å². The third-order valence-electron chi connectivity index (χ3n) is 4.63. The van der Waals surface area contributed by atoms with E-state index in [1.165, 1.54) is 0 Å². The molecule has 1 unspecified atom stereocenters. The normalized spacial score (nSPS) is 16.9. The molecule has 2 aromatic heterocycles. The zero-order chi connectivity index (χ0) is 18.6. The largest absolute Gasteiger partial charge is 0.457 e. The molecular formula is C20H21N5O2. The molecule has 7 heteroatoms. The molecule has 1 amide bonds. The molecule has 0 saturated carbocycles. The van der Waals surface area contributed by atoms with E-state index in [2.05, 4.69) is 15.3 Å². The van der Waals surface area contributed by atoms with Crippen LogP contribution in [0.4, 0.5) is 0 Å². The Morgan fingerprint density at radius 2 is 2.04 bits per heavy atom. The fourth-order valence-electron chi connectivity index (χ4n) is 3.28. The second-order valence-corrected chi connectivity index (χ2v) is 6.43. The van der Waals surface area contributed by atoms with Crippen molar-refractivity contribution in [3.63, 3.8) is 0 Å². The molecule has 4 rings (SSSR count). The summed E-state index contributed by atoms with van der Waals surface area (Å²) in [6, 6.07) is 10.7. The highest BCUT2D eigenvalue weighted by Gasteiger charge is 2.31. The van der Waals surface area contributed by atoms with Crippen LogP contribution in [0.15, 0.2) is 61.2 Å². The van der Waals surface area contributed by atoms with E-state index in [4.69, 9.17) is 4.74 Å². The van der Waals surface area contributed by atoms with Crippen molar-refractivity contribution in [1.82, 2.24) is 24.8 Å². The Labute approximate surface area is 157 Å². The zero-order valence-electron chi connectivity index (χ0n) is 15.1. The van der Waals surface area contributed by atoms with Gasteiger partial charge in [-0.05, 0) is 30.3 Å². The quantitative estimate of drug-likeness (QED) is 0.771. The number of pyridine rings is 1. The van der Waals surface area contributed by atoms with Gasteiger partial charge in [-0.15, -0.1) is 0 Å². The van der Waals surface area contributed by atoms with E-state index in [0.717, 1.165) is 12.4 Å². The fraction of sp³-hybridized carbons (Fsp3) is 0.250. The number of hydrogen-bond donors (Lipinski definition) is 1. The topological polar surface area (TPSA) is 72.3 Å². The van der Waals surface area contributed by atoms with Gasteiger partial charge in [-0.2, -0.15) is 0 Å². The summed E-state index contributed by atoms with van der Waals surface area (Å²) in [4.78, 5) is 23.5. The number of aromatic nitrogens is 3. The number of rotatable bonds is 4. The molecule has 1 aromatic carbocycles.